The van der Waals surface area contributed by atoms with Crippen molar-refractivity contribution in [1.29, 1.82) is 0 Å². The maximum absolute atomic E-state index is 12.8. The fourth-order valence-corrected chi connectivity index (χ4v) is 4.59. The van der Waals surface area contributed by atoms with E-state index in [0.717, 1.165) is 32.1 Å². The molecule has 1 aliphatic rings. The number of amides is 1. The van der Waals surface area contributed by atoms with Crippen LogP contribution in [0.3, 0.4) is 0 Å². The molecule has 1 amide bonds. The van der Waals surface area contributed by atoms with Crippen molar-refractivity contribution in [2.24, 2.45) is 0 Å². The fraction of sp³-hybridized carbons (Fsp3) is 0.412. The Kier molecular flexibility index (Phi) is 4.02. The number of carbonyl (C=O) groups excluding carboxylic acids is 1. The molecule has 24 heavy (non-hydrogen) atoms. The first-order valence-corrected chi connectivity index (χ1v) is 9.09. The van der Waals surface area contributed by atoms with Gasteiger partial charge in [0.15, 0.2) is 5.82 Å². The summed E-state index contributed by atoms with van der Waals surface area (Å²) in [5.74, 6) is 0.557. The van der Waals surface area contributed by atoms with E-state index in [1.807, 2.05) is 0 Å². The van der Waals surface area contributed by atoms with Crippen molar-refractivity contribution in [3.05, 3.63) is 41.0 Å². The minimum Gasteiger partial charge on any atom is -0.355 e. The topological polar surface area (TPSA) is 83.6 Å². The van der Waals surface area contributed by atoms with Gasteiger partial charge >= 0.3 is 0 Å². The number of hydrogen-bond donors (Lipinski definition) is 2. The number of fused-ring (bicyclic) bond motifs is 1. The Morgan fingerprint density at radius 2 is 2.12 bits per heavy atom. The fourth-order valence-electron chi connectivity index (χ4n) is 3.52. The summed E-state index contributed by atoms with van der Waals surface area (Å²) < 4.78 is 1.29. The molecule has 7 heteroatoms. The first kappa shape index (κ1) is 15.3. The summed E-state index contributed by atoms with van der Waals surface area (Å²) in [6.45, 7) is 0.630. The first-order chi connectivity index (χ1) is 11.8. The second-order valence-corrected chi connectivity index (χ2v) is 7.45. The summed E-state index contributed by atoms with van der Waals surface area (Å²) in [5, 5.41) is 18.6. The van der Waals surface area contributed by atoms with E-state index in [2.05, 4.69) is 56.3 Å². The Labute approximate surface area is 143 Å². The number of rotatable bonds is 5. The zero-order valence-electron chi connectivity index (χ0n) is 13.3. The van der Waals surface area contributed by atoms with Crippen LogP contribution in [0.25, 0.3) is 10.1 Å². The van der Waals surface area contributed by atoms with Gasteiger partial charge in [0.1, 0.15) is 5.41 Å². The van der Waals surface area contributed by atoms with E-state index in [9.17, 15) is 4.79 Å². The van der Waals surface area contributed by atoms with Crippen LogP contribution in [0, 0.1) is 0 Å². The SMILES string of the molecule is O=C(NCCc1cc2ccccc2s1)C1(c2nn[nH]n2)CCCC1. The Morgan fingerprint density at radius 1 is 1.29 bits per heavy atom. The van der Waals surface area contributed by atoms with Crippen LogP contribution >= 0.6 is 11.3 Å². The molecule has 0 bridgehead atoms. The molecule has 4 rings (SSSR count). The number of thiophene rings is 1. The number of nitrogens with zero attached hydrogens (tertiary/aromatic N) is 3. The molecule has 6 nitrogen and oxygen atoms in total. The average Bonchev–Trinajstić information content (AvgIpc) is 3.33. The number of aromatic nitrogens is 4. The Hall–Kier alpha value is -2.28. The quantitative estimate of drug-likeness (QED) is 0.747. The summed E-state index contributed by atoms with van der Waals surface area (Å²) in [6.07, 6.45) is 4.48. The molecule has 0 atom stereocenters. The third-order valence-corrected chi connectivity index (χ3v) is 5.97. The van der Waals surface area contributed by atoms with Crippen LogP contribution in [0.15, 0.2) is 30.3 Å². The molecule has 0 radical (unpaired) electrons. The molecule has 0 unspecified atom stereocenters. The Balaban J connectivity index is 1.42. The smallest absolute Gasteiger partial charge is 0.234 e. The van der Waals surface area contributed by atoms with Gasteiger partial charge in [0.05, 0.1) is 0 Å². The molecule has 2 N–H and O–H groups in total. The average molecular weight is 341 g/mol. The molecular weight excluding hydrogens is 322 g/mol. The normalized spacial score (nSPS) is 16.5. The van der Waals surface area contributed by atoms with Gasteiger partial charge in [-0.2, -0.15) is 5.21 Å². The zero-order chi connectivity index (χ0) is 16.4. The van der Waals surface area contributed by atoms with Crippen LogP contribution in [0.5, 0.6) is 0 Å². The highest BCUT2D eigenvalue weighted by Gasteiger charge is 2.46. The van der Waals surface area contributed by atoms with Crippen molar-refractivity contribution in [3.63, 3.8) is 0 Å². The Bertz CT molecular complexity index is 803. The highest BCUT2D eigenvalue weighted by molar-refractivity contribution is 7.19. The van der Waals surface area contributed by atoms with Crippen molar-refractivity contribution >= 4 is 27.3 Å². The van der Waals surface area contributed by atoms with Crippen molar-refractivity contribution in [3.8, 4) is 0 Å². The molecule has 0 spiro atoms. The van der Waals surface area contributed by atoms with Gasteiger partial charge in [0.25, 0.3) is 0 Å². The van der Waals surface area contributed by atoms with E-state index in [4.69, 9.17) is 0 Å². The van der Waals surface area contributed by atoms with E-state index in [-0.39, 0.29) is 5.91 Å². The van der Waals surface area contributed by atoms with E-state index in [0.29, 0.717) is 12.4 Å². The van der Waals surface area contributed by atoms with Crippen molar-refractivity contribution in [2.75, 3.05) is 6.54 Å². The minimum absolute atomic E-state index is 0.0301. The number of benzene rings is 1. The van der Waals surface area contributed by atoms with E-state index in [1.54, 1.807) is 11.3 Å². The molecule has 2 aromatic heterocycles. The van der Waals surface area contributed by atoms with Gasteiger partial charge in [0.2, 0.25) is 5.91 Å². The van der Waals surface area contributed by atoms with E-state index < -0.39 is 5.41 Å². The monoisotopic (exact) mass is 341 g/mol. The van der Waals surface area contributed by atoms with Gasteiger partial charge in [-0.1, -0.05) is 36.3 Å². The second-order valence-electron chi connectivity index (χ2n) is 6.28. The zero-order valence-corrected chi connectivity index (χ0v) is 14.1. The van der Waals surface area contributed by atoms with Gasteiger partial charge in [0, 0.05) is 16.1 Å². The van der Waals surface area contributed by atoms with Gasteiger partial charge in [-0.15, -0.1) is 21.5 Å². The lowest BCUT2D eigenvalue weighted by Crippen LogP contribution is -2.44. The predicted molar refractivity (Wildman–Crippen MR) is 92.9 cm³/mol. The summed E-state index contributed by atoms with van der Waals surface area (Å²) in [7, 11) is 0. The first-order valence-electron chi connectivity index (χ1n) is 8.28. The standard InChI is InChI=1S/C17H19N5OS/c23-16(17(8-3-4-9-17)15-19-21-22-20-15)18-10-7-13-11-12-5-1-2-6-14(12)24-13/h1-2,5-6,11H,3-4,7-10H2,(H,18,23)(H,19,20,21,22). The summed E-state index contributed by atoms with van der Waals surface area (Å²) >= 11 is 1.79. The van der Waals surface area contributed by atoms with E-state index >= 15 is 0 Å². The van der Waals surface area contributed by atoms with Crippen LogP contribution in [0.4, 0.5) is 0 Å². The molecule has 1 aliphatic carbocycles. The number of H-pyrrole nitrogens is 1. The number of nitrogens with one attached hydrogen (secondary N) is 2. The predicted octanol–water partition coefficient (Wildman–Crippen LogP) is 2.59. The number of carbonyl (C=O) groups is 1. The molecule has 2 heterocycles. The van der Waals surface area contributed by atoms with Gasteiger partial charge in [-0.05, 0) is 36.8 Å². The minimum atomic E-state index is -0.604. The lowest BCUT2D eigenvalue weighted by atomic mass is 9.84. The molecule has 1 aromatic carbocycles. The number of aromatic amines is 1. The van der Waals surface area contributed by atoms with Crippen LogP contribution in [-0.4, -0.2) is 33.1 Å². The van der Waals surface area contributed by atoms with E-state index in [1.165, 1.54) is 15.0 Å². The van der Waals surface area contributed by atoms with Gasteiger partial charge in [-0.3, -0.25) is 4.79 Å². The molecule has 3 aromatic rings. The molecule has 1 fully saturated rings. The second kappa shape index (κ2) is 6.32. The van der Waals surface area contributed by atoms with Crippen LogP contribution < -0.4 is 5.32 Å². The highest BCUT2D eigenvalue weighted by Crippen LogP contribution is 2.39. The highest BCUT2D eigenvalue weighted by atomic mass is 32.1. The van der Waals surface area contributed by atoms with Gasteiger partial charge in [-0.25, -0.2) is 0 Å². The van der Waals surface area contributed by atoms with Crippen LogP contribution in [-0.2, 0) is 16.6 Å². The third kappa shape index (κ3) is 2.69. The summed E-state index contributed by atoms with van der Waals surface area (Å²) in [4.78, 5) is 14.1. The molecular formula is C17H19N5OS. The molecule has 124 valence electrons. The van der Waals surface area contributed by atoms with Crippen molar-refractivity contribution in [1.82, 2.24) is 25.9 Å². The lowest BCUT2D eigenvalue weighted by molar-refractivity contribution is -0.126. The number of tetrazole rings is 1. The largest absolute Gasteiger partial charge is 0.355 e. The summed E-state index contributed by atoms with van der Waals surface area (Å²) in [6, 6.07) is 10.6. The molecule has 1 saturated carbocycles. The maximum atomic E-state index is 12.8. The van der Waals surface area contributed by atoms with Crippen molar-refractivity contribution < 1.29 is 4.79 Å². The molecule has 0 aliphatic heterocycles. The Morgan fingerprint density at radius 3 is 2.88 bits per heavy atom. The lowest BCUT2D eigenvalue weighted by Gasteiger charge is -2.23. The number of hydrogen-bond acceptors (Lipinski definition) is 5. The van der Waals surface area contributed by atoms with Crippen LogP contribution in [0.2, 0.25) is 0 Å². The third-order valence-electron chi connectivity index (χ3n) is 4.80. The maximum Gasteiger partial charge on any atom is 0.234 e. The summed E-state index contributed by atoms with van der Waals surface area (Å²) in [5.41, 5.74) is -0.604. The molecule has 0 saturated heterocycles. The van der Waals surface area contributed by atoms with Crippen molar-refractivity contribution in [2.45, 2.75) is 37.5 Å². The van der Waals surface area contributed by atoms with Gasteiger partial charge < -0.3 is 5.32 Å². The van der Waals surface area contributed by atoms with Crippen LogP contribution in [0.1, 0.15) is 36.4 Å².